The molecule has 0 aliphatic carbocycles. The molecule has 1 aromatic carbocycles. The maximum absolute atomic E-state index is 9.84. The highest BCUT2D eigenvalue weighted by Crippen LogP contribution is 2.26. The van der Waals surface area contributed by atoms with Crippen molar-refractivity contribution in [2.24, 2.45) is 5.16 Å². The summed E-state index contributed by atoms with van der Waals surface area (Å²) < 4.78 is 10.2. The van der Waals surface area contributed by atoms with Crippen molar-refractivity contribution < 1.29 is 19.4 Å². The molecule has 5 nitrogen and oxygen atoms in total. The van der Waals surface area contributed by atoms with Gasteiger partial charge in [-0.15, -0.1) is 0 Å². The van der Waals surface area contributed by atoms with Crippen LogP contribution in [0.15, 0.2) is 41.4 Å². The number of ether oxygens (including phenoxy) is 2. The van der Waals surface area contributed by atoms with Crippen LogP contribution in [0, 0.1) is 0 Å². The molecule has 1 heterocycles. The van der Waals surface area contributed by atoms with E-state index in [4.69, 9.17) is 14.3 Å². The van der Waals surface area contributed by atoms with Gasteiger partial charge >= 0.3 is 0 Å². The molecule has 1 aliphatic heterocycles. The van der Waals surface area contributed by atoms with E-state index in [9.17, 15) is 5.11 Å². The molecule has 5 heteroatoms. The van der Waals surface area contributed by atoms with Crippen molar-refractivity contribution >= 4 is 11.5 Å². The third kappa shape index (κ3) is 2.64. The summed E-state index contributed by atoms with van der Waals surface area (Å²) >= 11 is 0. The molecule has 1 aromatic rings. The molecule has 1 N–H and O–H groups in total. The Balaban J connectivity index is 2.47. The van der Waals surface area contributed by atoms with Crippen LogP contribution in [-0.2, 0) is 14.3 Å². The zero-order valence-electron chi connectivity index (χ0n) is 9.92. The van der Waals surface area contributed by atoms with E-state index < -0.39 is 0 Å². The Morgan fingerprint density at radius 1 is 1.44 bits per heavy atom. The van der Waals surface area contributed by atoms with Crippen molar-refractivity contribution in [3.05, 3.63) is 41.8 Å². The zero-order chi connectivity index (χ0) is 12.8. The van der Waals surface area contributed by atoms with Gasteiger partial charge in [-0.25, -0.2) is 0 Å². The molecule has 0 amide bonds. The van der Waals surface area contributed by atoms with E-state index in [0.717, 1.165) is 0 Å². The summed E-state index contributed by atoms with van der Waals surface area (Å²) in [7, 11) is 1.51. The van der Waals surface area contributed by atoms with Gasteiger partial charge in [0.2, 0.25) is 0 Å². The van der Waals surface area contributed by atoms with Gasteiger partial charge in [-0.1, -0.05) is 17.9 Å². The van der Waals surface area contributed by atoms with Gasteiger partial charge in [-0.2, -0.15) is 0 Å². The van der Waals surface area contributed by atoms with Crippen molar-refractivity contribution in [1.29, 1.82) is 0 Å². The summed E-state index contributed by atoms with van der Waals surface area (Å²) in [5.41, 5.74) is 3.90. The summed E-state index contributed by atoms with van der Waals surface area (Å²) in [6.07, 6.45) is 1.36. The molecule has 0 saturated heterocycles. The Morgan fingerprint density at radius 3 is 2.94 bits per heavy atom. The Morgan fingerprint density at radius 2 is 2.28 bits per heavy atom. The molecule has 1 aliphatic rings. The lowest BCUT2D eigenvalue weighted by Crippen LogP contribution is -2.17. The highest BCUT2D eigenvalue weighted by atomic mass is 16.7. The van der Waals surface area contributed by atoms with Crippen LogP contribution < -0.4 is 0 Å². The Hall–Kier alpha value is -2.39. The molecule has 0 aromatic heterocycles. The highest BCUT2D eigenvalue weighted by molar-refractivity contribution is 6.19. The quantitative estimate of drug-likeness (QED) is 0.654. The Kier molecular flexibility index (Phi) is 3.89. The minimum Gasteiger partial charge on any atom is -0.507 e. The summed E-state index contributed by atoms with van der Waals surface area (Å²) in [5, 5.41) is 13.7. The number of methoxy groups -OCH3 is 1. The van der Waals surface area contributed by atoms with Gasteiger partial charge in [-0.3, -0.25) is 0 Å². The van der Waals surface area contributed by atoms with Crippen LogP contribution in [-0.4, -0.2) is 31.3 Å². The fourth-order valence-corrected chi connectivity index (χ4v) is 1.48. The molecule has 0 fully saturated rings. The number of para-hydroxylation sites is 1. The number of benzene rings is 1. The van der Waals surface area contributed by atoms with E-state index in [0.29, 0.717) is 24.4 Å². The molecule has 0 atom stereocenters. The largest absolute Gasteiger partial charge is 0.507 e. The third-order valence-corrected chi connectivity index (χ3v) is 2.27. The van der Waals surface area contributed by atoms with Gasteiger partial charge in [0.1, 0.15) is 18.6 Å². The van der Waals surface area contributed by atoms with Crippen molar-refractivity contribution in [2.75, 3.05) is 20.3 Å². The molecular weight excluding hydrogens is 234 g/mol. The van der Waals surface area contributed by atoms with Crippen LogP contribution in [0.1, 0.15) is 5.56 Å². The molecule has 0 spiro atoms. The molecule has 0 saturated carbocycles. The Labute approximate surface area is 105 Å². The van der Waals surface area contributed by atoms with Crippen LogP contribution >= 0.6 is 0 Å². The number of hydrogen-bond donors (Lipinski definition) is 1. The maximum Gasteiger partial charge on any atom is 0.266 e. The lowest BCUT2D eigenvalue weighted by molar-refractivity contribution is 0.0669. The number of aromatic hydroxyl groups is 1. The molecule has 2 rings (SSSR count). The van der Waals surface area contributed by atoms with Crippen LogP contribution in [0.5, 0.6) is 5.75 Å². The first-order valence-electron chi connectivity index (χ1n) is 5.42. The highest BCUT2D eigenvalue weighted by Gasteiger charge is 2.18. The van der Waals surface area contributed by atoms with Crippen molar-refractivity contribution in [1.82, 2.24) is 0 Å². The zero-order valence-corrected chi connectivity index (χ0v) is 9.92. The average molecular weight is 247 g/mol. The van der Waals surface area contributed by atoms with E-state index >= 15 is 0 Å². The Bertz CT molecular complexity index is 515. The first-order chi connectivity index (χ1) is 8.83. The second kappa shape index (κ2) is 5.80. The van der Waals surface area contributed by atoms with Gasteiger partial charge < -0.3 is 19.4 Å². The van der Waals surface area contributed by atoms with Crippen molar-refractivity contribution in [3.63, 3.8) is 0 Å². The second-order valence-corrected chi connectivity index (χ2v) is 3.47. The number of phenols is 1. The number of rotatable bonds is 3. The van der Waals surface area contributed by atoms with E-state index in [1.54, 1.807) is 24.3 Å². The predicted octanol–water partition coefficient (Wildman–Crippen LogP) is 1.89. The monoisotopic (exact) mass is 247 g/mol. The van der Waals surface area contributed by atoms with E-state index in [1.807, 2.05) is 0 Å². The molecule has 0 unspecified atom stereocenters. The van der Waals surface area contributed by atoms with Gasteiger partial charge in [0.25, 0.3) is 5.90 Å². The molecule has 0 bridgehead atoms. The van der Waals surface area contributed by atoms with E-state index in [1.165, 1.54) is 13.4 Å². The SMILES string of the molecule is COC=C=C(C1=NOCCO1)c1ccccc1O. The van der Waals surface area contributed by atoms with Crippen LogP contribution in [0.2, 0.25) is 0 Å². The molecule has 0 radical (unpaired) electrons. The van der Waals surface area contributed by atoms with Gasteiger partial charge in [0.15, 0.2) is 6.61 Å². The lowest BCUT2D eigenvalue weighted by Gasteiger charge is -2.15. The molecule has 94 valence electrons. The number of nitrogens with zero attached hydrogens (tertiary/aromatic N) is 1. The topological polar surface area (TPSA) is 60.3 Å². The number of phenolic OH excluding ortho intramolecular Hbond substituents is 1. The summed E-state index contributed by atoms with van der Waals surface area (Å²) in [4.78, 5) is 4.97. The lowest BCUT2D eigenvalue weighted by atomic mass is 10.1. The fourth-order valence-electron chi connectivity index (χ4n) is 1.48. The van der Waals surface area contributed by atoms with Crippen LogP contribution in [0.4, 0.5) is 0 Å². The number of hydrogen-bond acceptors (Lipinski definition) is 5. The first kappa shape index (κ1) is 12.1. The normalized spacial score (nSPS) is 13.5. The maximum atomic E-state index is 9.84. The smallest absolute Gasteiger partial charge is 0.266 e. The number of oxime groups is 1. The van der Waals surface area contributed by atoms with Gasteiger partial charge in [-0.05, 0) is 17.3 Å². The second-order valence-electron chi connectivity index (χ2n) is 3.47. The fraction of sp³-hybridized carbons (Fsp3) is 0.231. The van der Waals surface area contributed by atoms with E-state index in [-0.39, 0.29) is 11.6 Å². The average Bonchev–Trinajstić information content (AvgIpc) is 2.42. The van der Waals surface area contributed by atoms with E-state index in [2.05, 4.69) is 10.9 Å². The minimum atomic E-state index is 0.112. The molecular formula is C13H13NO4. The van der Waals surface area contributed by atoms with Crippen molar-refractivity contribution in [3.8, 4) is 5.75 Å². The van der Waals surface area contributed by atoms with Gasteiger partial charge in [0, 0.05) is 5.56 Å². The minimum absolute atomic E-state index is 0.112. The summed E-state index contributed by atoms with van der Waals surface area (Å²) in [5.74, 6) is 0.387. The van der Waals surface area contributed by atoms with Crippen LogP contribution in [0.3, 0.4) is 0 Å². The first-order valence-corrected chi connectivity index (χ1v) is 5.42. The third-order valence-electron chi connectivity index (χ3n) is 2.27. The van der Waals surface area contributed by atoms with Gasteiger partial charge in [0.05, 0.1) is 12.7 Å². The summed E-state index contributed by atoms with van der Waals surface area (Å²) in [6.45, 7) is 0.816. The predicted molar refractivity (Wildman–Crippen MR) is 65.9 cm³/mol. The van der Waals surface area contributed by atoms with Crippen molar-refractivity contribution in [2.45, 2.75) is 0 Å². The summed E-state index contributed by atoms with van der Waals surface area (Å²) in [6, 6.07) is 6.85. The van der Waals surface area contributed by atoms with Crippen LogP contribution in [0.25, 0.3) is 5.57 Å². The molecule has 18 heavy (non-hydrogen) atoms. The standard InChI is InChI=1S/C13H13NO4/c1-16-7-6-11(13-14-18-9-8-17-13)10-4-2-3-5-12(10)15/h2-5,7,15H,8-9H2,1H3.